The van der Waals surface area contributed by atoms with Crippen LogP contribution in [0.4, 0.5) is 5.95 Å². The number of nitrogens with one attached hydrogen (secondary N) is 2. The number of nitrogens with zero attached hydrogens (tertiary/aromatic N) is 1. The maximum atomic E-state index is 12.1. The number of rotatable bonds is 3. The molecular weight excluding hydrogens is 294 g/mol. The zero-order chi connectivity index (χ0) is 15.8. The normalized spacial score (nSPS) is 14.0. The van der Waals surface area contributed by atoms with Crippen LogP contribution in [0.15, 0.2) is 47.3 Å². The lowest BCUT2D eigenvalue weighted by molar-refractivity contribution is 0.174. The van der Waals surface area contributed by atoms with Gasteiger partial charge in [-0.15, -0.1) is 0 Å². The van der Waals surface area contributed by atoms with E-state index >= 15 is 0 Å². The lowest BCUT2D eigenvalue weighted by Crippen LogP contribution is -2.15. The van der Waals surface area contributed by atoms with Crippen molar-refractivity contribution in [3.63, 3.8) is 0 Å². The van der Waals surface area contributed by atoms with Gasteiger partial charge in [0.15, 0.2) is 11.5 Å². The van der Waals surface area contributed by atoms with Crippen LogP contribution in [-0.4, -0.2) is 16.8 Å². The van der Waals surface area contributed by atoms with Crippen molar-refractivity contribution in [2.45, 2.75) is 13.0 Å². The Kier molecular flexibility index (Phi) is 3.15. The second kappa shape index (κ2) is 5.31. The molecule has 0 fully saturated rings. The second-order valence-corrected chi connectivity index (χ2v) is 5.41. The summed E-state index contributed by atoms with van der Waals surface area (Å²) in [7, 11) is 0. The Hall–Kier alpha value is -3.02. The van der Waals surface area contributed by atoms with Crippen LogP contribution in [0.25, 0.3) is 10.9 Å². The van der Waals surface area contributed by atoms with Crippen LogP contribution in [0.3, 0.4) is 0 Å². The van der Waals surface area contributed by atoms with Crippen molar-refractivity contribution >= 4 is 16.9 Å². The van der Waals surface area contributed by atoms with Crippen molar-refractivity contribution in [3.8, 4) is 11.5 Å². The first-order chi connectivity index (χ1) is 11.2. The molecule has 0 aliphatic carbocycles. The van der Waals surface area contributed by atoms with E-state index in [1.54, 1.807) is 6.07 Å². The van der Waals surface area contributed by atoms with Gasteiger partial charge in [-0.3, -0.25) is 9.78 Å². The number of anilines is 1. The van der Waals surface area contributed by atoms with E-state index in [9.17, 15) is 4.79 Å². The SMILES string of the molecule is CC(Nc1nc2ccccc2c(=O)[nH]1)c1ccc2c(c1)OCO2. The quantitative estimate of drug-likeness (QED) is 0.778. The van der Waals surface area contributed by atoms with E-state index in [0.717, 1.165) is 17.1 Å². The summed E-state index contributed by atoms with van der Waals surface area (Å²) in [5.74, 6) is 1.92. The summed E-state index contributed by atoms with van der Waals surface area (Å²) < 4.78 is 10.7. The molecule has 23 heavy (non-hydrogen) atoms. The lowest BCUT2D eigenvalue weighted by atomic mass is 10.1. The maximum absolute atomic E-state index is 12.1. The Morgan fingerprint density at radius 1 is 1.17 bits per heavy atom. The van der Waals surface area contributed by atoms with Gasteiger partial charge in [0.2, 0.25) is 12.7 Å². The van der Waals surface area contributed by atoms with Crippen LogP contribution in [0, 0.1) is 0 Å². The summed E-state index contributed by atoms with van der Waals surface area (Å²) in [5, 5.41) is 3.80. The highest BCUT2D eigenvalue weighted by atomic mass is 16.7. The van der Waals surface area contributed by atoms with Gasteiger partial charge < -0.3 is 14.8 Å². The van der Waals surface area contributed by atoms with Crippen molar-refractivity contribution < 1.29 is 9.47 Å². The van der Waals surface area contributed by atoms with Gasteiger partial charge in [0, 0.05) is 0 Å². The third kappa shape index (κ3) is 2.48. The number of ether oxygens (including phenoxy) is 2. The second-order valence-electron chi connectivity index (χ2n) is 5.41. The average molecular weight is 309 g/mol. The molecule has 0 amide bonds. The minimum Gasteiger partial charge on any atom is -0.454 e. The smallest absolute Gasteiger partial charge is 0.260 e. The van der Waals surface area contributed by atoms with Gasteiger partial charge in [-0.1, -0.05) is 18.2 Å². The van der Waals surface area contributed by atoms with Gasteiger partial charge in [0.05, 0.1) is 16.9 Å². The van der Waals surface area contributed by atoms with E-state index in [0.29, 0.717) is 16.9 Å². The summed E-state index contributed by atoms with van der Waals surface area (Å²) in [6.07, 6.45) is 0. The predicted octanol–water partition coefficient (Wildman–Crippen LogP) is 2.82. The molecule has 6 heteroatoms. The fourth-order valence-corrected chi connectivity index (χ4v) is 2.63. The number of hydrogen-bond donors (Lipinski definition) is 2. The molecule has 1 unspecified atom stereocenters. The predicted molar refractivity (Wildman–Crippen MR) is 87.0 cm³/mol. The molecule has 0 radical (unpaired) electrons. The zero-order valence-electron chi connectivity index (χ0n) is 12.5. The third-order valence-electron chi connectivity index (χ3n) is 3.86. The molecule has 1 aromatic heterocycles. The first kappa shape index (κ1) is 13.6. The van der Waals surface area contributed by atoms with E-state index in [-0.39, 0.29) is 18.4 Å². The number of hydrogen-bond acceptors (Lipinski definition) is 5. The van der Waals surface area contributed by atoms with E-state index in [1.165, 1.54) is 0 Å². The topological polar surface area (TPSA) is 76.2 Å². The molecule has 0 saturated heterocycles. The number of H-pyrrole nitrogens is 1. The molecule has 1 aliphatic rings. The number of aromatic amines is 1. The van der Waals surface area contributed by atoms with Gasteiger partial charge in [-0.05, 0) is 36.8 Å². The largest absolute Gasteiger partial charge is 0.454 e. The van der Waals surface area contributed by atoms with Crippen LogP contribution in [0.2, 0.25) is 0 Å². The fourth-order valence-electron chi connectivity index (χ4n) is 2.63. The van der Waals surface area contributed by atoms with Gasteiger partial charge >= 0.3 is 0 Å². The molecule has 2 aromatic carbocycles. The van der Waals surface area contributed by atoms with Gasteiger partial charge in [-0.2, -0.15) is 0 Å². The van der Waals surface area contributed by atoms with Gasteiger partial charge in [-0.25, -0.2) is 4.98 Å². The average Bonchev–Trinajstić information content (AvgIpc) is 3.02. The molecule has 116 valence electrons. The molecule has 0 spiro atoms. The van der Waals surface area contributed by atoms with Crippen molar-refractivity contribution in [1.82, 2.24) is 9.97 Å². The first-order valence-electron chi connectivity index (χ1n) is 7.36. The van der Waals surface area contributed by atoms with Crippen molar-refractivity contribution in [2.75, 3.05) is 12.1 Å². The summed E-state index contributed by atoms with van der Waals surface area (Å²) in [4.78, 5) is 19.3. The Bertz CT molecular complexity index is 936. The minimum absolute atomic E-state index is 0.0474. The maximum Gasteiger partial charge on any atom is 0.260 e. The monoisotopic (exact) mass is 309 g/mol. The van der Waals surface area contributed by atoms with E-state index in [1.807, 2.05) is 43.3 Å². The Labute approximate surface area is 132 Å². The number of fused-ring (bicyclic) bond motifs is 2. The number of para-hydroxylation sites is 1. The van der Waals surface area contributed by atoms with Gasteiger partial charge in [0.1, 0.15) is 0 Å². The molecule has 4 rings (SSSR count). The fraction of sp³-hybridized carbons (Fsp3) is 0.176. The van der Waals surface area contributed by atoms with Gasteiger partial charge in [0.25, 0.3) is 5.56 Å². The van der Waals surface area contributed by atoms with E-state index in [4.69, 9.17) is 9.47 Å². The summed E-state index contributed by atoms with van der Waals surface area (Å²) in [6.45, 7) is 2.24. The van der Waals surface area contributed by atoms with Crippen LogP contribution < -0.4 is 20.3 Å². The molecular formula is C17H15N3O3. The Morgan fingerprint density at radius 2 is 2.00 bits per heavy atom. The molecule has 6 nitrogen and oxygen atoms in total. The van der Waals surface area contributed by atoms with Crippen LogP contribution in [-0.2, 0) is 0 Å². The molecule has 0 saturated carbocycles. The van der Waals surface area contributed by atoms with Crippen molar-refractivity contribution in [2.24, 2.45) is 0 Å². The van der Waals surface area contributed by atoms with Crippen LogP contribution in [0.1, 0.15) is 18.5 Å². The molecule has 1 atom stereocenters. The number of aromatic nitrogens is 2. The number of benzene rings is 2. The minimum atomic E-state index is -0.156. The molecule has 2 heterocycles. The Morgan fingerprint density at radius 3 is 2.91 bits per heavy atom. The zero-order valence-corrected chi connectivity index (χ0v) is 12.5. The first-order valence-corrected chi connectivity index (χ1v) is 7.36. The van der Waals surface area contributed by atoms with Crippen molar-refractivity contribution in [3.05, 3.63) is 58.4 Å². The molecule has 2 N–H and O–H groups in total. The highest BCUT2D eigenvalue weighted by Gasteiger charge is 2.16. The molecule has 0 bridgehead atoms. The van der Waals surface area contributed by atoms with Crippen LogP contribution in [0.5, 0.6) is 11.5 Å². The summed E-state index contributed by atoms with van der Waals surface area (Å²) in [6, 6.07) is 13.0. The summed E-state index contributed by atoms with van der Waals surface area (Å²) in [5.41, 5.74) is 1.53. The van der Waals surface area contributed by atoms with Crippen LogP contribution >= 0.6 is 0 Å². The lowest BCUT2D eigenvalue weighted by Gasteiger charge is -2.15. The van der Waals surface area contributed by atoms with E-state index in [2.05, 4.69) is 15.3 Å². The summed E-state index contributed by atoms with van der Waals surface area (Å²) >= 11 is 0. The third-order valence-corrected chi connectivity index (χ3v) is 3.86. The Balaban J connectivity index is 1.63. The highest BCUT2D eigenvalue weighted by molar-refractivity contribution is 5.78. The standard InChI is InChI=1S/C17H15N3O3/c1-10(11-6-7-14-15(8-11)23-9-22-14)18-17-19-13-5-3-2-4-12(13)16(21)20-17/h2-8,10H,9H2,1H3,(H2,18,19,20,21). The van der Waals surface area contributed by atoms with E-state index < -0.39 is 0 Å². The highest BCUT2D eigenvalue weighted by Crippen LogP contribution is 2.34. The molecule has 1 aliphatic heterocycles. The van der Waals surface area contributed by atoms with Crippen molar-refractivity contribution in [1.29, 1.82) is 0 Å². The molecule has 3 aromatic rings.